The van der Waals surface area contributed by atoms with E-state index in [1.807, 2.05) is 24.8 Å². The van der Waals surface area contributed by atoms with Crippen LogP contribution in [-0.4, -0.2) is 71.3 Å². The summed E-state index contributed by atoms with van der Waals surface area (Å²) in [5.41, 5.74) is 3.06. The van der Waals surface area contributed by atoms with Gasteiger partial charge in [0.1, 0.15) is 34.7 Å². The molecule has 1 aromatic carbocycles. The molecule has 0 spiro atoms. The van der Waals surface area contributed by atoms with E-state index in [1.54, 1.807) is 0 Å². The van der Waals surface area contributed by atoms with E-state index in [0.29, 0.717) is 50.3 Å². The lowest BCUT2D eigenvalue weighted by atomic mass is 9.78. The van der Waals surface area contributed by atoms with Gasteiger partial charge in [-0.15, -0.1) is 11.3 Å². The minimum absolute atomic E-state index is 0.00615. The molecule has 3 aliphatic heterocycles. The molecule has 3 aliphatic rings. The number of nitriles is 1. The lowest BCUT2D eigenvalue weighted by Gasteiger charge is -2.41. The SMILES string of the molecule is CCN1CC/C(=C\F)[C@](C)(COc2nc(N3C[C@H]4CC[C@@H](C3)N4)c3cnc(-c4c(C(F)(F)F)ccc5sc(N)c(C#N)c45)c(F)c3n2)C1. The van der Waals surface area contributed by atoms with E-state index in [4.69, 9.17) is 15.5 Å². The van der Waals surface area contributed by atoms with Gasteiger partial charge in [-0.25, -0.2) is 8.78 Å². The first-order chi connectivity index (χ1) is 22.9. The maximum Gasteiger partial charge on any atom is 0.417 e. The van der Waals surface area contributed by atoms with Crippen molar-refractivity contribution in [2.24, 2.45) is 5.41 Å². The number of halogens is 5. The Morgan fingerprint density at radius 3 is 2.65 bits per heavy atom. The molecule has 9 nitrogen and oxygen atoms in total. The third-order valence-electron chi connectivity index (χ3n) is 9.84. The molecule has 3 saturated heterocycles. The lowest BCUT2D eigenvalue weighted by molar-refractivity contribution is -0.137. The van der Waals surface area contributed by atoms with Gasteiger partial charge in [0, 0.05) is 65.5 Å². The van der Waals surface area contributed by atoms with Crippen molar-refractivity contribution in [1.82, 2.24) is 25.2 Å². The maximum atomic E-state index is 16.9. The standard InChI is InChI=1S/C33H33F5N8OS/c1-3-45-9-8-17(10-34)32(2,15-45)16-47-31-43-27-21(30(44-31)46-13-18-4-5-19(14-46)42-18)12-41-28(26(27)35)25-22(33(36,37)38)6-7-23-24(25)20(11-39)29(40)48-23/h6-7,10,12,18-19,42H,3-5,8-9,13-16,40H2,1-2H3/b17-10+/t18-,19+,32-/m0/s1. The minimum Gasteiger partial charge on any atom is -0.462 e. The molecular formula is C33H33F5N8OS. The number of rotatable bonds is 6. The number of nitrogens with two attached hydrogens (primary N) is 1. The number of anilines is 2. The van der Waals surface area contributed by atoms with Crippen molar-refractivity contribution >= 4 is 43.1 Å². The summed E-state index contributed by atoms with van der Waals surface area (Å²) in [6.45, 7) is 7.05. The van der Waals surface area contributed by atoms with Crippen molar-refractivity contribution in [3.8, 4) is 23.3 Å². The number of piperidine rings is 1. The van der Waals surface area contributed by atoms with E-state index >= 15 is 4.39 Å². The van der Waals surface area contributed by atoms with Crippen LogP contribution in [0, 0.1) is 22.6 Å². The molecule has 2 bridgehead atoms. The Morgan fingerprint density at radius 2 is 1.98 bits per heavy atom. The summed E-state index contributed by atoms with van der Waals surface area (Å²) in [5.74, 6) is -0.764. The molecule has 48 heavy (non-hydrogen) atoms. The van der Waals surface area contributed by atoms with E-state index in [2.05, 4.69) is 20.2 Å². The highest BCUT2D eigenvalue weighted by Gasteiger charge is 2.39. The molecule has 3 fully saturated rings. The monoisotopic (exact) mass is 684 g/mol. The molecule has 0 aliphatic carbocycles. The van der Waals surface area contributed by atoms with Gasteiger partial charge in [0.25, 0.3) is 0 Å². The number of fused-ring (bicyclic) bond motifs is 4. The van der Waals surface area contributed by atoms with Crippen molar-refractivity contribution in [1.29, 1.82) is 5.26 Å². The molecule has 0 radical (unpaired) electrons. The van der Waals surface area contributed by atoms with Crippen molar-refractivity contribution in [2.75, 3.05) is 50.0 Å². The Hall–Kier alpha value is -4.13. The summed E-state index contributed by atoms with van der Waals surface area (Å²) in [5, 5.41) is 13.5. The van der Waals surface area contributed by atoms with Gasteiger partial charge in [0.05, 0.1) is 22.8 Å². The van der Waals surface area contributed by atoms with Crippen molar-refractivity contribution < 1.29 is 26.7 Å². The van der Waals surface area contributed by atoms with Crippen LogP contribution in [0.25, 0.3) is 32.2 Å². The third kappa shape index (κ3) is 5.49. The first-order valence-corrected chi connectivity index (χ1v) is 16.6. The molecule has 0 unspecified atom stereocenters. The van der Waals surface area contributed by atoms with Crippen LogP contribution in [0.5, 0.6) is 6.01 Å². The second-order valence-electron chi connectivity index (χ2n) is 13.0. The number of hydrogen-bond donors (Lipinski definition) is 2. The molecular weight excluding hydrogens is 651 g/mol. The smallest absolute Gasteiger partial charge is 0.417 e. The molecule has 3 N–H and O–H groups in total. The second-order valence-corrected chi connectivity index (χ2v) is 14.1. The average Bonchev–Trinajstić information content (AvgIpc) is 3.58. The van der Waals surface area contributed by atoms with Crippen molar-refractivity contribution in [3.63, 3.8) is 0 Å². The fourth-order valence-electron chi connectivity index (χ4n) is 7.35. The largest absolute Gasteiger partial charge is 0.462 e. The number of benzene rings is 1. The topological polar surface area (TPSA) is 116 Å². The van der Waals surface area contributed by atoms with Gasteiger partial charge < -0.3 is 25.6 Å². The van der Waals surface area contributed by atoms with Crippen LogP contribution in [0.15, 0.2) is 30.2 Å². The molecule has 0 amide bonds. The number of nitrogens with one attached hydrogen (secondary N) is 1. The molecule has 7 rings (SSSR count). The van der Waals surface area contributed by atoms with E-state index in [-0.39, 0.29) is 56.3 Å². The molecule has 3 atom stereocenters. The van der Waals surface area contributed by atoms with Gasteiger partial charge in [0.15, 0.2) is 5.82 Å². The van der Waals surface area contributed by atoms with E-state index in [9.17, 15) is 22.8 Å². The van der Waals surface area contributed by atoms with Gasteiger partial charge in [-0.3, -0.25) is 4.98 Å². The fourth-order valence-corrected chi connectivity index (χ4v) is 8.28. The summed E-state index contributed by atoms with van der Waals surface area (Å²) >= 11 is 0.939. The number of alkyl halides is 3. The van der Waals surface area contributed by atoms with E-state index < -0.39 is 34.2 Å². The number of nitrogen functional groups attached to an aromatic ring is 1. The molecule has 6 heterocycles. The zero-order valence-electron chi connectivity index (χ0n) is 26.3. The highest BCUT2D eigenvalue weighted by molar-refractivity contribution is 7.23. The number of thiophene rings is 1. The van der Waals surface area contributed by atoms with Crippen LogP contribution in [0.3, 0.4) is 0 Å². The summed E-state index contributed by atoms with van der Waals surface area (Å²) < 4.78 is 80.8. The predicted molar refractivity (Wildman–Crippen MR) is 174 cm³/mol. The Kier molecular flexibility index (Phi) is 8.16. The number of pyridine rings is 1. The van der Waals surface area contributed by atoms with E-state index in [0.717, 1.165) is 36.8 Å². The molecule has 15 heteroatoms. The van der Waals surface area contributed by atoms with Crippen LogP contribution in [0.1, 0.15) is 44.2 Å². The number of nitrogens with zero attached hydrogens (tertiary/aromatic N) is 6. The fraction of sp³-hybridized carbons (Fsp3) is 0.455. The Bertz CT molecular complexity index is 1980. The highest BCUT2D eigenvalue weighted by Crippen LogP contribution is 2.47. The molecule has 252 valence electrons. The van der Waals surface area contributed by atoms with Gasteiger partial charge in [-0.2, -0.15) is 28.4 Å². The van der Waals surface area contributed by atoms with Crippen LogP contribution >= 0.6 is 11.3 Å². The molecule has 3 aromatic heterocycles. The molecule has 0 saturated carbocycles. The number of likely N-dealkylation sites (tertiary alicyclic amines) is 1. The van der Waals surface area contributed by atoms with Crippen LogP contribution in [0.4, 0.5) is 32.8 Å². The zero-order chi connectivity index (χ0) is 34.0. The number of ether oxygens (including phenoxy) is 1. The normalized spacial score (nSPS) is 24.1. The predicted octanol–water partition coefficient (Wildman–Crippen LogP) is 6.42. The van der Waals surface area contributed by atoms with Crippen molar-refractivity contribution in [3.05, 3.63) is 47.2 Å². The first kappa shape index (κ1) is 32.4. The highest BCUT2D eigenvalue weighted by atomic mass is 32.1. The summed E-state index contributed by atoms with van der Waals surface area (Å²) in [6, 6.07) is 4.14. The van der Waals surface area contributed by atoms with Gasteiger partial charge in [-0.1, -0.05) is 13.8 Å². The van der Waals surface area contributed by atoms with Crippen molar-refractivity contribution in [2.45, 2.75) is 51.4 Å². The van der Waals surface area contributed by atoms with Gasteiger partial charge in [0.2, 0.25) is 0 Å². The van der Waals surface area contributed by atoms with E-state index in [1.165, 1.54) is 12.3 Å². The lowest BCUT2D eigenvalue weighted by Crippen LogP contribution is -2.51. The second kappa shape index (κ2) is 12.1. The van der Waals surface area contributed by atoms with Crippen LogP contribution < -0.4 is 20.7 Å². The van der Waals surface area contributed by atoms with Crippen LogP contribution in [-0.2, 0) is 6.18 Å². The number of aromatic nitrogens is 3. The Morgan fingerprint density at radius 1 is 1.23 bits per heavy atom. The maximum absolute atomic E-state index is 16.9. The summed E-state index contributed by atoms with van der Waals surface area (Å²) in [6.07, 6.45) is -0.559. The third-order valence-corrected chi connectivity index (χ3v) is 10.8. The Labute approximate surface area is 277 Å². The molecule has 4 aromatic rings. The zero-order valence-corrected chi connectivity index (χ0v) is 27.1. The van der Waals surface area contributed by atoms with Crippen LogP contribution in [0.2, 0.25) is 0 Å². The van der Waals surface area contributed by atoms with Gasteiger partial charge >= 0.3 is 12.2 Å². The number of piperazine rings is 1. The summed E-state index contributed by atoms with van der Waals surface area (Å²) in [4.78, 5) is 17.5. The Balaban J connectivity index is 1.40. The quantitative estimate of drug-likeness (QED) is 0.222. The van der Waals surface area contributed by atoms with Gasteiger partial charge in [-0.05, 0) is 43.5 Å². The minimum atomic E-state index is -4.90. The number of hydrogen-bond acceptors (Lipinski definition) is 10. The first-order valence-electron chi connectivity index (χ1n) is 15.8. The summed E-state index contributed by atoms with van der Waals surface area (Å²) in [7, 11) is 0. The average molecular weight is 685 g/mol.